The normalized spacial score (nSPS) is 31.5. The zero-order valence-electron chi connectivity index (χ0n) is 12.9. The number of fused-ring (bicyclic) bond motifs is 1. The Morgan fingerprint density at radius 1 is 1.00 bits per heavy atom. The van der Waals surface area contributed by atoms with Gasteiger partial charge < -0.3 is 0 Å². The van der Waals surface area contributed by atoms with Crippen molar-refractivity contribution in [3.05, 3.63) is 0 Å². The van der Waals surface area contributed by atoms with Crippen LogP contribution in [0.1, 0.15) is 53.9 Å². The van der Waals surface area contributed by atoms with Gasteiger partial charge in [0.05, 0.1) is 5.92 Å². The molecule has 0 amide bonds. The average Bonchev–Trinajstić information content (AvgIpc) is 2.61. The second kappa shape index (κ2) is 5.58. The standard InChI is InChI=1S/C12H23N2.6ClH.Sb/c1-11(2,3)14-10-8-6-7-9(10)12(4,5)13-14;;;;;;;/h9-10H,6-8H2,1-5H3;6*1H;/q+1;;;;;;;+5/p-6. The summed E-state index contributed by atoms with van der Waals surface area (Å²) in [4.78, 5) is 0. The molecule has 2 atom stereocenters. The Labute approximate surface area is 147 Å². The molecular weight excluding hydrogens is 507 g/mol. The van der Waals surface area contributed by atoms with Gasteiger partial charge in [-0.15, -0.1) is 4.70 Å². The Balaban J connectivity index is 0.000000270. The van der Waals surface area contributed by atoms with Gasteiger partial charge >= 0.3 is 62.1 Å². The predicted octanol–water partition coefficient (Wildman–Crippen LogP) is 6.97. The number of nitrogens with zero attached hydrogens (tertiary/aromatic N) is 2. The van der Waals surface area contributed by atoms with Crippen LogP contribution in [-0.4, -0.2) is 31.0 Å². The average molecular weight is 530 g/mol. The molecule has 0 aromatic carbocycles. The molecule has 1 heterocycles. The number of hydrogen-bond acceptors (Lipinski definition) is 1. The third-order valence-electron chi connectivity index (χ3n) is 3.75. The van der Waals surface area contributed by atoms with Gasteiger partial charge in [-0.2, -0.15) is 0 Å². The fourth-order valence-electron chi connectivity index (χ4n) is 3.13. The van der Waals surface area contributed by atoms with Crippen LogP contribution in [0, 0.1) is 5.92 Å². The summed E-state index contributed by atoms with van der Waals surface area (Å²) < 4.78 is 2.38. The molecule has 21 heavy (non-hydrogen) atoms. The molecule has 1 aliphatic heterocycles. The molecule has 2 nitrogen and oxygen atoms in total. The van der Waals surface area contributed by atoms with Crippen molar-refractivity contribution in [3.8, 4) is 0 Å². The molecule has 0 aromatic heterocycles. The van der Waals surface area contributed by atoms with Gasteiger partial charge in [0.15, 0.2) is 11.6 Å². The molecule has 0 aromatic rings. The number of rotatable bonds is 0. The van der Waals surface area contributed by atoms with Crippen molar-refractivity contribution in [1.29, 1.82) is 0 Å². The Morgan fingerprint density at radius 3 is 1.81 bits per heavy atom. The summed E-state index contributed by atoms with van der Waals surface area (Å²) in [5.74, 6) is 0.793. The van der Waals surface area contributed by atoms with Crippen molar-refractivity contribution >= 4 is 62.1 Å². The number of azo groups is 2. The topological polar surface area (TPSA) is 15.4 Å². The SMILES string of the molecule is CC1(C)N=[N+](C(C)(C)C)C2CCCC21.[Cl][Sb-]([Cl])([Cl])([Cl])([Cl])[Cl]. The van der Waals surface area contributed by atoms with E-state index in [9.17, 15) is 0 Å². The van der Waals surface area contributed by atoms with Crippen molar-refractivity contribution in [1.82, 2.24) is 0 Å². The van der Waals surface area contributed by atoms with Crippen LogP contribution in [0.15, 0.2) is 5.11 Å². The summed E-state index contributed by atoms with van der Waals surface area (Å²) in [5.41, 5.74) is 0.371. The quantitative estimate of drug-likeness (QED) is 0.238. The van der Waals surface area contributed by atoms with Gasteiger partial charge in [0.2, 0.25) is 0 Å². The molecule has 1 saturated carbocycles. The first-order valence-corrected chi connectivity index (χ1v) is 26.3. The minimum atomic E-state index is -5.42. The van der Waals surface area contributed by atoms with Gasteiger partial charge in [0.1, 0.15) is 5.54 Å². The van der Waals surface area contributed by atoms with E-state index in [1.54, 1.807) is 0 Å². The summed E-state index contributed by atoms with van der Waals surface area (Å²) in [7, 11) is 25.0. The molecular formula is C12H23Cl6N2Sb. The van der Waals surface area contributed by atoms with Crippen molar-refractivity contribution in [2.24, 2.45) is 11.0 Å². The van der Waals surface area contributed by atoms with E-state index >= 15 is 0 Å². The molecule has 2 unspecified atom stereocenters. The van der Waals surface area contributed by atoms with E-state index in [0.717, 1.165) is 5.92 Å². The first-order valence-electron chi connectivity index (χ1n) is 6.86. The molecule has 1 fully saturated rings. The Kier molecular flexibility index (Phi) is 5.63. The molecule has 0 saturated heterocycles. The van der Waals surface area contributed by atoms with Crippen LogP contribution in [0.25, 0.3) is 0 Å². The van der Waals surface area contributed by atoms with Crippen molar-refractivity contribution < 1.29 is 4.70 Å². The fourth-order valence-corrected chi connectivity index (χ4v) is 3.13. The minimum absolute atomic E-state index is 0.175. The summed E-state index contributed by atoms with van der Waals surface area (Å²) >= 11 is 0. The van der Waals surface area contributed by atoms with Gasteiger partial charge in [-0.3, -0.25) is 0 Å². The van der Waals surface area contributed by atoms with Crippen LogP contribution >= 0.6 is 53.0 Å². The van der Waals surface area contributed by atoms with E-state index in [-0.39, 0.29) is 11.1 Å². The van der Waals surface area contributed by atoms with E-state index in [1.807, 2.05) is 0 Å². The number of halogens is 6. The summed E-state index contributed by atoms with van der Waals surface area (Å²) in [5, 5.41) is 4.91. The maximum atomic E-state index is 5.06. The number of hydrogen-bond donors (Lipinski definition) is 0. The van der Waals surface area contributed by atoms with E-state index in [0.29, 0.717) is 6.04 Å². The molecule has 9 heteroatoms. The van der Waals surface area contributed by atoms with Gasteiger partial charge in [-0.05, 0) is 31.8 Å². The van der Waals surface area contributed by atoms with Crippen molar-refractivity contribution in [3.63, 3.8) is 0 Å². The summed E-state index contributed by atoms with van der Waals surface area (Å²) in [6, 6.07) is 0.713. The second-order valence-corrected chi connectivity index (χ2v) is 64.2. The van der Waals surface area contributed by atoms with Crippen molar-refractivity contribution in [2.45, 2.75) is 71.0 Å². The van der Waals surface area contributed by atoms with Crippen LogP contribution in [0.4, 0.5) is 0 Å². The van der Waals surface area contributed by atoms with Crippen LogP contribution in [0.2, 0.25) is 0 Å². The monoisotopic (exact) mass is 526 g/mol. The van der Waals surface area contributed by atoms with Crippen molar-refractivity contribution in [2.75, 3.05) is 0 Å². The van der Waals surface area contributed by atoms with E-state index in [4.69, 9.17) is 58.1 Å². The zero-order valence-corrected chi connectivity index (χ0v) is 20.0. The van der Waals surface area contributed by atoms with Gasteiger partial charge in [-0.1, -0.05) is 0 Å². The van der Waals surface area contributed by atoms with E-state index in [2.05, 4.69) is 39.3 Å². The van der Waals surface area contributed by atoms with Gasteiger partial charge in [0, 0.05) is 27.2 Å². The maximum absolute atomic E-state index is 5.42. The third kappa shape index (κ3) is 8.19. The summed E-state index contributed by atoms with van der Waals surface area (Å²) in [6.45, 7) is 11.4. The molecule has 128 valence electrons. The fraction of sp³-hybridized carbons (Fsp3) is 1.00. The molecule has 0 radical (unpaired) electrons. The van der Waals surface area contributed by atoms with Crippen LogP contribution < -0.4 is 0 Å². The Bertz CT molecular complexity index is 434. The first kappa shape index (κ1) is 21.2. The molecule has 1 aliphatic carbocycles. The van der Waals surface area contributed by atoms with Crippen LogP contribution in [0.5, 0.6) is 0 Å². The first-order chi connectivity index (χ1) is 8.77. The zero-order chi connectivity index (χ0) is 17.0. The molecule has 2 aliphatic rings. The van der Waals surface area contributed by atoms with Gasteiger partial charge in [-0.25, -0.2) is 0 Å². The van der Waals surface area contributed by atoms with E-state index < -0.39 is 9.14 Å². The Hall–Kier alpha value is 2.16. The van der Waals surface area contributed by atoms with Crippen LogP contribution in [0.3, 0.4) is 0 Å². The van der Waals surface area contributed by atoms with Crippen LogP contribution in [-0.2, 0) is 0 Å². The molecule has 0 N–H and O–H groups in total. The Morgan fingerprint density at radius 2 is 1.43 bits per heavy atom. The second-order valence-electron chi connectivity index (χ2n) is 7.33. The molecule has 2 rings (SSSR count). The molecule has 0 bridgehead atoms. The van der Waals surface area contributed by atoms with E-state index in [1.165, 1.54) is 19.3 Å². The van der Waals surface area contributed by atoms with Gasteiger partial charge in [0.25, 0.3) is 0 Å². The summed E-state index contributed by atoms with van der Waals surface area (Å²) in [6.07, 6.45) is 4.10. The molecule has 0 spiro atoms. The third-order valence-corrected chi connectivity index (χ3v) is 3.75. The predicted molar refractivity (Wildman–Crippen MR) is 98.5 cm³/mol.